The lowest BCUT2D eigenvalue weighted by Crippen LogP contribution is -2.11. The van der Waals surface area contributed by atoms with Crippen LogP contribution in [0.15, 0.2) is 18.2 Å². The summed E-state index contributed by atoms with van der Waals surface area (Å²) in [5, 5.41) is 1.08. The SMILES string of the molecule is CCc1nc2ccc(C(C)(C)C)cc2c(N)c1C. The Bertz CT molecular complexity index is 592. The highest BCUT2D eigenvalue weighted by atomic mass is 14.7. The number of hydrogen-bond donors (Lipinski definition) is 1. The molecule has 0 atom stereocenters. The van der Waals surface area contributed by atoms with Gasteiger partial charge in [0.25, 0.3) is 0 Å². The molecule has 0 unspecified atom stereocenters. The van der Waals surface area contributed by atoms with Gasteiger partial charge in [-0.2, -0.15) is 0 Å². The number of aryl methyl sites for hydroxylation is 1. The zero-order chi connectivity index (χ0) is 13.5. The number of nitrogens with two attached hydrogens (primary N) is 1. The Morgan fingerprint density at radius 1 is 1.22 bits per heavy atom. The number of benzene rings is 1. The van der Waals surface area contributed by atoms with Crippen LogP contribution in [-0.2, 0) is 11.8 Å². The number of hydrogen-bond acceptors (Lipinski definition) is 2. The van der Waals surface area contributed by atoms with Crippen LogP contribution in [0.4, 0.5) is 5.69 Å². The smallest absolute Gasteiger partial charge is 0.0726 e. The number of rotatable bonds is 1. The van der Waals surface area contributed by atoms with Crippen LogP contribution in [-0.4, -0.2) is 4.98 Å². The summed E-state index contributed by atoms with van der Waals surface area (Å²) in [6, 6.07) is 6.43. The van der Waals surface area contributed by atoms with E-state index in [-0.39, 0.29) is 5.41 Å². The van der Waals surface area contributed by atoms with Crippen molar-refractivity contribution in [1.82, 2.24) is 4.98 Å². The molecule has 96 valence electrons. The molecular weight excluding hydrogens is 220 g/mol. The Labute approximate surface area is 109 Å². The minimum absolute atomic E-state index is 0.137. The van der Waals surface area contributed by atoms with Crippen molar-refractivity contribution < 1.29 is 0 Å². The summed E-state index contributed by atoms with van der Waals surface area (Å²) in [4.78, 5) is 4.70. The van der Waals surface area contributed by atoms with E-state index in [4.69, 9.17) is 10.7 Å². The number of nitrogens with zero attached hydrogens (tertiary/aromatic N) is 1. The van der Waals surface area contributed by atoms with E-state index in [1.807, 2.05) is 0 Å². The molecule has 1 aromatic carbocycles. The van der Waals surface area contributed by atoms with Gasteiger partial charge in [0.05, 0.1) is 5.52 Å². The molecular formula is C16H22N2. The zero-order valence-corrected chi connectivity index (χ0v) is 12.0. The molecule has 2 rings (SSSR count). The van der Waals surface area contributed by atoms with Gasteiger partial charge in [-0.05, 0) is 42.0 Å². The van der Waals surface area contributed by atoms with E-state index in [0.29, 0.717) is 0 Å². The van der Waals surface area contributed by atoms with E-state index >= 15 is 0 Å². The first-order valence-corrected chi connectivity index (χ1v) is 6.53. The van der Waals surface area contributed by atoms with Gasteiger partial charge >= 0.3 is 0 Å². The molecule has 0 saturated heterocycles. The molecule has 0 spiro atoms. The molecule has 2 heteroatoms. The standard InChI is InChI=1S/C16H22N2/c1-6-13-10(2)15(17)12-9-11(16(3,4)5)7-8-14(12)18-13/h7-9H,6H2,1-5H3,(H2,17,18). The van der Waals surface area contributed by atoms with Gasteiger partial charge in [-0.25, -0.2) is 0 Å². The highest BCUT2D eigenvalue weighted by Crippen LogP contribution is 2.30. The first kappa shape index (κ1) is 12.9. The molecule has 1 aromatic heterocycles. The minimum Gasteiger partial charge on any atom is -0.398 e. The normalized spacial score (nSPS) is 12.1. The summed E-state index contributed by atoms with van der Waals surface area (Å²) in [5.41, 5.74) is 11.8. The largest absolute Gasteiger partial charge is 0.398 e. The van der Waals surface area contributed by atoms with Gasteiger partial charge in [0, 0.05) is 16.8 Å². The topological polar surface area (TPSA) is 38.9 Å². The number of anilines is 1. The number of aromatic nitrogens is 1. The number of pyridine rings is 1. The van der Waals surface area contributed by atoms with Crippen molar-refractivity contribution >= 4 is 16.6 Å². The summed E-state index contributed by atoms with van der Waals surface area (Å²) in [6.45, 7) is 10.8. The molecule has 0 bridgehead atoms. The molecule has 0 amide bonds. The van der Waals surface area contributed by atoms with Gasteiger partial charge < -0.3 is 5.73 Å². The van der Waals surface area contributed by atoms with Crippen molar-refractivity contribution in [2.45, 2.75) is 46.5 Å². The Morgan fingerprint density at radius 3 is 2.44 bits per heavy atom. The molecule has 0 fully saturated rings. The molecule has 0 aliphatic carbocycles. The molecule has 2 nitrogen and oxygen atoms in total. The van der Waals surface area contributed by atoms with Crippen molar-refractivity contribution in [3.8, 4) is 0 Å². The fourth-order valence-electron chi connectivity index (χ4n) is 2.25. The molecule has 18 heavy (non-hydrogen) atoms. The summed E-state index contributed by atoms with van der Waals surface area (Å²) in [7, 11) is 0. The van der Waals surface area contributed by atoms with Crippen LogP contribution in [0, 0.1) is 6.92 Å². The average molecular weight is 242 g/mol. The number of nitrogen functional groups attached to an aromatic ring is 1. The lowest BCUT2D eigenvalue weighted by atomic mass is 9.86. The van der Waals surface area contributed by atoms with Crippen LogP contribution in [0.5, 0.6) is 0 Å². The fourth-order valence-corrected chi connectivity index (χ4v) is 2.25. The van der Waals surface area contributed by atoms with Crippen molar-refractivity contribution in [3.63, 3.8) is 0 Å². The van der Waals surface area contributed by atoms with Gasteiger partial charge in [0.2, 0.25) is 0 Å². The van der Waals surface area contributed by atoms with Gasteiger partial charge in [-0.3, -0.25) is 4.98 Å². The van der Waals surface area contributed by atoms with Crippen molar-refractivity contribution in [2.24, 2.45) is 0 Å². The summed E-state index contributed by atoms with van der Waals surface area (Å²) in [6.07, 6.45) is 0.924. The third-order valence-corrected chi connectivity index (χ3v) is 3.58. The lowest BCUT2D eigenvalue weighted by molar-refractivity contribution is 0.591. The second-order valence-electron chi connectivity index (χ2n) is 5.93. The van der Waals surface area contributed by atoms with E-state index in [0.717, 1.165) is 34.3 Å². The maximum Gasteiger partial charge on any atom is 0.0726 e. The van der Waals surface area contributed by atoms with E-state index in [1.54, 1.807) is 0 Å². The molecule has 0 saturated carbocycles. The van der Waals surface area contributed by atoms with Crippen LogP contribution >= 0.6 is 0 Å². The van der Waals surface area contributed by atoms with E-state index in [9.17, 15) is 0 Å². The van der Waals surface area contributed by atoms with Gasteiger partial charge in [-0.1, -0.05) is 33.8 Å². The van der Waals surface area contributed by atoms with Crippen molar-refractivity contribution in [2.75, 3.05) is 5.73 Å². The molecule has 2 N–H and O–H groups in total. The van der Waals surface area contributed by atoms with Crippen molar-refractivity contribution in [3.05, 3.63) is 35.0 Å². The molecule has 2 aromatic rings. The van der Waals surface area contributed by atoms with Crippen LogP contribution in [0.1, 0.15) is 44.5 Å². The molecule has 0 radical (unpaired) electrons. The van der Waals surface area contributed by atoms with Gasteiger partial charge in [-0.15, -0.1) is 0 Å². The molecule has 0 aliphatic rings. The summed E-state index contributed by atoms with van der Waals surface area (Å²) >= 11 is 0. The Balaban J connectivity index is 2.75. The first-order valence-electron chi connectivity index (χ1n) is 6.53. The maximum absolute atomic E-state index is 6.27. The van der Waals surface area contributed by atoms with Crippen LogP contribution in [0.3, 0.4) is 0 Å². The minimum atomic E-state index is 0.137. The second-order valence-corrected chi connectivity index (χ2v) is 5.93. The Kier molecular flexibility index (Phi) is 3.05. The summed E-state index contributed by atoms with van der Waals surface area (Å²) in [5.74, 6) is 0. The maximum atomic E-state index is 6.27. The third-order valence-electron chi connectivity index (χ3n) is 3.58. The van der Waals surface area contributed by atoms with Crippen molar-refractivity contribution in [1.29, 1.82) is 0 Å². The predicted octanol–water partition coefficient (Wildman–Crippen LogP) is 3.99. The zero-order valence-electron chi connectivity index (χ0n) is 12.0. The predicted molar refractivity (Wildman–Crippen MR) is 79.0 cm³/mol. The van der Waals surface area contributed by atoms with Crippen LogP contribution in [0.25, 0.3) is 10.9 Å². The molecule has 1 heterocycles. The number of fused-ring (bicyclic) bond motifs is 1. The first-order chi connectivity index (χ1) is 8.34. The van der Waals surface area contributed by atoms with E-state index < -0.39 is 0 Å². The fraction of sp³-hybridized carbons (Fsp3) is 0.438. The second kappa shape index (κ2) is 4.27. The summed E-state index contributed by atoms with van der Waals surface area (Å²) < 4.78 is 0. The quantitative estimate of drug-likeness (QED) is 0.821. The highest BCUT2D eigenvalue weighted by molar-refractivity contribution is 5.92. The Hall–Kier alpha value is -1.57. The molecule has 0 aliphatic heterocycles. The van der Waals surface area contributed by atoms with Crippen LogP contribution < -0.4 is 5.73 Å². The van der Waals surface area contributed by atoms with E-state index in [1.165, 1.54) is 5.56 Å². The lowest BCUT2D eigenvalue weighted by Gasteiger charge is -2.20. The monoisotopic (exact) mass is 242 g/mol. The van der Waals surface area contributed by atoms with Crippen LogP contribution in [0.2, 0.25) is 0 Å². The van der Waals surface area contributed by atoms with Gasteiger partial charge in [0.15, 0.2) is 0 Å². The highest BCUT2D eigenvalue weighted by Gasteiger charge is 2.16. The third kappa shape index (κ3) is 2.07. The van der Waals surface area contributed by atoms with E-state index in [2.05, 4.69) is 52.8 Å². The Morgan fingerprint density at radius 2 is 1.89 bits per heavy atom. The van der Waals surface area contributed by atoms with Gasteiger partial charge in [0.1, 0.15) is 0 Å². The average Bonchev–Trinajstić information content (AvgIpc) is 2.32.